The van der Waals surface area contributed by atoms with Gasteiger partial charge in [0, 0.05) is 11.6 Å². The molecule has 0 unspecified atom stereocenters. The third-order valence-electron chi connectivity index (χ3n) is 2.76. The lowest BCUT2D eigenvalue weighted by Crippen LogP contribution is -2.10. The summed E-state index contributed by atoms with van der Waals surface area (Å²) in [5.41, 5.74) is 1.81. The number of para-hydroxylation sites is 1. The molecule has 0 saturated heterocycles. The second-order valence-electron chi connectivity index (χ2n) is 4.08. The summed E-state index contributed by atoms with van der Waals surface area (Å²) in [6.07, 6.45) is 3.76. The summed E-state index contributed by atoms with van der Waals surface area (Å²) in [4.78, 5) is 0. The maximum atomic E-state index is 11.7. The van der Waals surface area contributed by atoms with Crippen molar-refractivity contribution < 1.29 is 8.42 Å². The fraction of sp³-hybridized carbons (Fsp3) is 0.333. The minimum absolute atomic E-state index is 0.751. The van der Waals surface area contributed by atoms with E-state index in [1.54, 1.807) is 6.20 Å². The van der Waals surface area contributed by atoms with Crippen LogP contribution in [0.4, 0.5) is 0 Å². The Bertz CT molecular complexity index is 629. The van der Waals surface area contributed by atoms with Gasteiger partial charge in [-0.1, -0.05) is 18.2 Å². The molecule has 4 nitrogen and oxygen atoms in total. The van der Waals surface area contributed by atoms with Crippen LogP contribution in [0.1, 0.15) is 5.56 Å². The van der Waals surface area contributed by atoms with Crippen molar-refractivity contribution in [3.05, 3.63) is 36.0 Å². The first kappa shape index (κ1) is 12.1. The van der Waals surface area contributed by atoms with Gasteiger partial charge < -0.3 is 5.32 Å². The Hall–Kier alpha value is -1.33. The molecule has 0 fully saturated rings. The Labute approximate surface area is 101 Å². The Morgan fingerprint density at radius 2 is 2.00 bits per heavy atom. The van der Waals surface area contributed by atoms with Gasteiger partial charge in [0.1, 0.15) is 0 Å². The fourth-order valence-electron chi connectivity index (χ4n) is 1.95. The molecule has 92 valence electrons. The van der Waals surface area contributed by atoms with Gasteiger partial charge in [-0.3, -0.25) is 0 Å². The molecular formula is C12H16N2O2S. The second kappa shape index (κ2) is 4.50. The van der Waals surface area contributed by atoms with E-state index in [4.69, 9.17) is 0 Å². The van der Waals surface area contributed by atoms with Crippen LogP contribution in [0.15, 0.2) is 30.5 Å². The molecule has 0 aliphatic heterocycles. The monoisotopic (exact) mass is 252 g/mol. The zero-order valence-electron chi connectivity index (χ0n) is 9.97. The smallest absolute Gasteiger partial charge is 0.236 e. The number of likely N-dealkylation sites (N-methyl/N-ethyl adjacent to an activating group) is 1. The van der Waals surface area contributed by atoms with Crippen LogP contribution in [-0.2, 0) is 16.4 Å². The number of nitrogens with zero attached hydrogens (tertiary/aromatic N) is 1. The van der Waals surface area contributed by atoms with Crippen molar-refractivity contribution in [2.24, 2.45) is 0 Å². The lowest BCUT2D eigenvalue weighted by Gasteiger charge is -2.00. The predicted octanol–water partition coefficient (Wildman–Crippen LogP) is 1.21. The first-order chi connectivity index (χ1) is 8.04. The molecule has 0 aliphatic rings. The summed E-state index contributed by atoms with van der Waals surface area (Å²) in [7, 11) is -1.35. The summed E-state index contributed by atoms with van der Waals surface area (Å²) in [5, 5.41) is 4.08. The highest BCUT2D eigenvalue weighted by atomic mass is 32.2. The van der Waals surface area contributed by atoms with Crippen LogP contribution < -0.4 is 5.32 Å². The fourth-order valence-corrected chi connectivity index (χ4v) is 2.79. The van der Waals surface area contributed by atoms with Crippen LogP contribution in [0.5, 0.6) is 0 Å². The van der Waals surface area contributed by atoms with Crippen LogP contribution in [-0.4, -0.2) is 32.2 Å². The van der Waals surface area contributed by atoms with Gasteiger partial charge in [0.05, 0.1) is 11.8 Å². The third-order valence-corrected chi connectivity index (χ3v) is 3.78. The number of rotatable bonds is 4. The number of benzene rings is 1. The maximum Gasteiger partial charge on any atom is 0.236 e. The molecule has 0 radical (unpaired) electrons. The molecule has 1 aromatic carbocycles. The minimum atomic E-state index is -3.24. The van der Waals surface area contributed by atoms with Gasteiger partial charge in [-0.25, -0.2) is 12.4 Å². The Kier molecular flexibility index (Phi) is 3.22. The summed E-state index contributed by atoms with van der Waals surface area (Å²) in [6.45, 7) is 0.831. The normalized spacial score (nSPS) is 12.1. The number of fused-ring (bicyclic) bond motifs is 1. The second-order valence-corrected chi connectivity index (χ2v) is 5.94. The largest absolute Gasteiger partial charge is 0.319 e. The number of hydrogen-bond acceptors (Lipinski definition) is 3. The average Bonchev–Trinajstić information content (AvgIpc) is 2.65. The Balaban J connectivity index is 2.63. The van der Waals surface area contributed by atoms with Crippen LogP contribution in [0.3, 0.4) is 0 Å². The van der Waals surface area contributed by atoms with Crippen LogP contribution in [0, 0.1) is 0 Å². The Morgan fingerprint density at radius 1 is 1.29 bits per heavy atom. The standard InChI is InChI=1S/C12H16N2O2S/c1-13-8-7-10-9-14(17(2,15)16)12-6-4-3-5-11(10)12/h3-6,9,13H,7-8H2,1-2H3. The van der Waals surface area contributed by atoms with Crippen molar-refractivity contribution in [2.45, 2.75) is 6.42 Å². The summed E-state index contributed by atoms with van der Waals surface area (Å²) in [6, 6.07) is 7.57. The average molecular weight is 252 g/mol. The highest BCUT2D eigenvalue weighted by Crippen LogP contribution is 2.22. The van der Waals surface area contributed by atoms with Gasteiger partial charge in [0.25, 0.3) is 0 Å². The molecule has 1 aromatic heterocycles. The lowest BCUT2D eigenvalue weighted by molar-refractivity contribution is 0.595. The van der Waals surface area contributed by atoms with Crippen molar-refractivity contribution in [2.75, 3.05) is 19.8 Å². The quantitative estimate of drug-likeness (QED) is 0.890. The van der Waals surface area contributed by atoms with Gasteiger partial charge in [0.2, 0.25) is 10.0 Å². The van der Waals surface area contributed by atoms with E-state index in [1.165, 1.54) is 10.2 Å². The van der Waals surface area contributed by atoms with Gasteiger partial charge in [-0.15, -0.1) is 0 Å². The Morgan fingerprint density at radius 3 is 2.65 bits per heavy atom. The summed E-state index contributed by atoms with van der Waals surface area (Å²) in [5.74, 6) is 0. The topological polar surface area (TPSA) is 51.1 Å². The highest BCUT2D eigenvalue weighted by Gasteiger charge is 2.13. The van der Waals surface area contributed by atoms with E-state index in [0.29, 0.717) is 0 Å². The molecule has 0 atom stereocenters. The maximum absolute atomic E-state index is 11.7. The van der Waals surface area contributed by atoms with E-state index in [1.807, 2.05) is 31.3 Å². The molecule has 0 spiro atoms. The zero-order valence-corrected chi connectivity index (χ0v) is 10.8. The van der Waals surface area contributed by atoms with E-state index >= 15 is 0 Å². The predicted molar refractivity (Wildman–Crippen MR) is 69.8 cm³/mol. The third kappa shape index (κ3) is 2.35. The zero-order chi connectivity index (χ0) is 12.5. The van der Waals surface area contributed by atoms with Gasteiger partial charge >= 0.3 is 0 Å². The van der Waals surface area contributed by atoms with Crippen molar-refractivity contribution in [1.29, 1.82) is 0 Å². The molecule has 0 amide bonds. The van der Waals surface area contributed by atoms with Crippen molar-refractivity contribution >= 4 is 20.9 Å². The molecule has 5 heteroatoms. The SMILES string of the molecule is CNCCc1cn(S(C)(=O)=O)c2ccccc12. The summed E-state index contributed by atoms with van der Waals surface area (Å²) >= 11 is 0. The minimum Gasteiger partial charge on any atom is -0.319 e. The summed E-state index contributed by atoms with van der Waals surface area (Å²) < 4.78 is 24.7. The molecule has 1 N–H and O–H groups in total. The van der Waals surface area contributed by atoms with E-state index in [9.17, 15) is 8.42 Å². The van der Waals surface area contributed by atoms with Gasteiger partial charge in [0.15, 0.2) is 0 Å². The van der Waals surface area contributed by atoms with Gasteiger partial charge in [-0.05, 0) is 31.6 Å². The van der Waals surface area contributed by atoms with Crippen molar-refractivity contribution in [1.82, 2.24) is 9.29 Å². The van der Waals surface area contributed by atoms with Crippen LogP contribution in [0.2, 0.25) is 0 Å². The first-order valence-corrected chi connectivity index (χ1v) is 7.33. The lowest BCUT2D eigenvalue weighted by atomic mass is 10.1. The molecule has 0 aliphatic carbocycles. The molecular weight excluding hydrogens is 236 g/mol. The highest BCUT2D eigenvalue weighted by molar-refractivity contribution is 7.89. The van der Waals surface area contributed by atoms with E-state index in [-0.39, 0.29) is 0 Å². The van der Waals surface area contributed by atoms with Gasteiger partial charge in [-0.2, -0.15) is 0 Å². The van der Waals surface area contributed by atoms with Crippen LogP contribution in [0.25, 0.3) is 10.9 Å². The number of aromatic nitrogens is 1. The van der Waals surface area contributed by atoms with E-state index in [2.05, 4.69) is 5.32 Å². The molecule has 17 heavy (non-hydrogen) atoms. The molecule has 2 rings (SSSR count). The number of nitrogens with one attached hydrogen (secondary N) is 1. The van der Waals surface area contributed by atoms with E-state index in [0.717, 1.165) is 29.4 Å². The molecule has 2 aromatic rings. The van der Waals surface area contributed by atoms with E-state index < -0.39 is 10.0 Å². The molecule has 1 heterocycles. The van der Waals surface area contributed by atoms with Crippen molar-refractivity contribution in [3.8, 4) is 0 Å². The molecule has 0 bridgehead atoms. The number of hydrogen-bond donors (Lipinski definition) is 1. The molecule has 0 saturated carbocycles. The van der Waals surface area contributed by atoms with Crippen LogP contribution >= 0.6 is 0 Å². The van der Waals surface area contributed by atoms with Crippen molar-refractivity contribution in [3.63, 3.8) is 0 Å². The first-order valence-electron chi connectivity index (χ1n) is 5.48.